The van der Waals surface area contributed by atoms with E-state index < -0.39 is 5.41 Å². The van der Waals surface area contributed by atoms with Gasteiger partial charge in [0.2, 0.25) is 5.82 Å². The average molecular weight is 390 g/mol. The van der Waals surface area contributed by atoms with Crippen LogP contribution in [0.15, 0.2) is 54.7 Å². The number of benzene rings is 1. The summed E-state index contributed by atoms with van der Waals surface area (Å²) in [6, 6.07) is 14.4. The molecule has 0 fully saturated rings. The third-order valence-electron chi connectivity index (χ3n) is 4.54. The van der Waals surface area contributed by atoms with E-state index in [1.54, 1.807) is 12.3 Å². The molecule has 4 rings (SSSR count). The first-order valence-electron chi connectivity index (χ1n) is 9.06. The minimum atomic E-state index is -0.509. The molecule has 3 aromatic heterocycles. The van der Waals surface area contributed by atoms with Crippen LogP contribution in [0.4, 0.5) is 10.2 Å². The van der Waals surface area contributed by atoms with Crippen LogP contribution in [0.1, 0.15) is 19.5 Å². The molecule has 0 saturated carbocycles. The molecule has 146 valence electrons. The van der Waals surface area contributed by atoms with E-state index in [-0.39, 0.29) is 5.82 Å². The first-order valence-corrected chi connectivity index (χ1v) is 9.06. The van der Waals surface area contributed by atoms with Crippen molar-refractivity contribution in [1.29, 1.82) is 0 Å². The van der Waals surface area contributed by atoms with E-state index in [0.717, 1.165) is 16.8 Å². The number of anilines is 1. The van der Waals surface area contributed by atoms with Gasteiger partial charge >= 0.3 is 0 Å². The number of H-pyrrole nitrogens is 1. The number of nitrogens with one attached hydrogen (secondary N) is 2. The number of aromatic amines is 1. The molecule has 0 amide bonds. The van der Waals surface area contributed by atoms with Gasteiger partial charge in [0.1, 0.15) is 11.6 Å². The highest BCUT2D eigenvalue weighted by Gasteiger charge is 2.25. The molecule has 0 atom stereocenters. The lowest BCUT2D eigenvalue weighted by atomic mass is 9.88. The minimum absolute atomic E-state index is 0.317. The molecule has 8 nitrogen and oxygen atoms in total. The van der Waals surface area contributed by atoms with Crippen LogP contribution in [0.25, 0.3) is 22.6 Å². The van der Waals surface area contributed by atoms with Gasteiger partial charge in [0.15, 0.2) is 0 Å². The lowest BCUT2D eigenvalue weighted by molar-refractivity contribution is 0.485. The molecule has 9 heteroatoms. The Morgan fingerprint density at radius 2 is 1.86 bits per heavy atom. The van der Waals surface area contributed by atoms with Crippen molar-refractivity contribution in [2.75, 3.05) is 11.9 Å². The molecular formula is C20H19FN8. The summed E-state index contributed by atoms with van der Waals surface area (Å²) < 4.78 is 14.1. The second-order valence-corrected chi connectivity index (χ2v) is 7.19. The van der Waals surface area contributed by atoms with Gasteiger partial charge in [-0.3, -0.25) is 4.98 Å². The number of tetrazole rings is 1. The molecule has 0 aliphatic carbocycles. The Kier molecular flexibility index (Phi) is 4.94. The molecule has 0 aliphatic heterocycles. The number of aromatic nitrogens is 7. The Hall–Kier alpha value is -3.75. The van der Waals surface area contributed by atoms with E-state index in [1.807, 2.05) is 50.2 Å². The van der Waals surface area contributed by atoms with Crippen molar-refractivity contribution in [2.45, 2.75) is 19.3 Å². The van der Waals surface area contributed by atoms with Gasteiger partial charge in [0, 0.05) is 29.3 Å². The molecule has 4 aromatic rings. The van der Waals surface area contributed by atoms with Crippen LogP contribution in [0.3, 0.4) is 0 Å². The molecule has 29 heavy (non-hydrogen) atoms. The van der Waals surface area contributed by atoms with Crippen LogP contribution in [0.5, 0.6) is 0 Å². The molecule has 0 unspecified atom stereocenters. The first kappa shape index (κ1) is 18.6. The van der Waals surface area contributed by atoms with Gasteiger partial charge in [-0.25, -0.2) is 4.39 Å². The van der Waals surface area contributed by atoms with Crippen LogP contribution in [-0.2, 0) is 5.41 Å². The molecule has 0 spiro atoms. The number of pyridine rings is 1. The van der Waals surface area contributed by atoms with Gasteiger partial charge in [-0.1, -0.05) is 32.0 Å². The highest BCUT2D eigenvalue weighted by atomic mass is 19.1. The molecular weight excluding hydrogens is 371 g/mol. The highest BCUT2D eigenvalue weighted by Crippen LogP contribution is 2.25. The fourth-order valence-electron chi connectivity index (χ4n) is 2.96. The average Bonchev–Trinajstić information content (AvgIpc) is 3.28. The highest BCUT2D eigenvalue weighted by molar-refractivity contribution is 5.67. The van der Waals surface area contributed by atoms with E-state index in [1.165, 1.54) is 6.07 Å². The summed E-state index contributed by atoms with van der Waals surface area (Å²) in [5, 5.41) is 25.7. The van der Waals surface area contributed by atoms with Crippen LogP contribution < -0.4 is 5.32 Å². The van der Waals surface area contributed by atoms with E-state index in [9.17, 15) is 4.39 Å². The second kappa shape index (κ2) is 7.70. The number of hydrogen-bond acceptors (Lipinski definition) is 7. The normalized spacial score (nSPS) is 11.4. The minimum Gasteiger partial charge on any atom is -0.368 e. The number of halogens is 1. The Bertz CT molecular complexity index is 1090. The standard InChI is InChI=1S/C20H19FN8/c1-20(2,18-15(21)7-4-10-22-18)12-23-17-9-8-16(24-25-17)13-5-3-6-14(11-13)19-26-28-29-27-19/h3-11H,12H2,1-2H3,(H,23,25)(H,26,27,28,29). The van der Waals surface area contributed by atoms with Gasteiger partial charge in [0.25, 0.3) is 0 Å². The van der Waals surface area contributed by atoms with E-state index >= 15 is 0 Å². The van der Waals surface area contributed by atoms with Crippen molar-refractivity contribution in [3.63, 3.8) is 0 Å². The van der Waals surface area contributed by atoms with Gasteiger partial charge in [-0.05, 0) is 35.5 Å². The summed E-state index contributed by atoms with van der Waals surface area (Å²) in [4.78, 5) is 4.18. The third-order valence-corrected chi connectivity index (χ3v) is 4.54. The summed E-state index contributed by atoms with van der Waals surface area (Å²) in [7, 11) is 0. The maximum Gasteiger partial charge on any atom is 0.204 e. The molecule has 0 bridgehead atoms. The van der Waals surface area contributed by atoms with Crippen LogP contribution >= 0.6 is 0 Å². The van der Waals surface area contributed by atoms with Crippen molar-refractivity contribution < 1.29 is 4.39 Å². The summed E-state index contributed by atoms with van der Waals surface area (Å²) in [6.45, 7) is 4.32. The SMILES string of the molecule is CC(C)(CNc1ccc(-c2cccc(-c3nn[nH]n3)c2)nn1)c1ncccc1F. The van der Waals surface area contributed by atoms with Gasteiger partial charge < -0.3 is 5.32 Å². The number of rotatable bonds is 6. The number of nitrogens with zero attached hydrogens (tertiary/aromatic N) is 6. The lowest BCUT2D eigenvalue weighted by Gasteiger charge is -2.24. The lowest BCUT2D eigenvalue weighted by Crippen LogP contribution is -2.30. The largest absolute Gasteiger partial charge is 0.368 e. The Morgan fingerprint density at radius 1 is 1.00 bits per heavy atom. The summed E-state index contributed by atoms with van der Waals surface area (Å²) in [6.07, 6.45) is 1.59. The Labute approximate surface area is 166 Å². The van der Waals surface area contributed by atoms with Crippen molar-refractivity contribution in [2.24, 2.45) is 0 Å². The van der Waals surface area contributed by atoms with Crippen molar-refractivity contribution in [1.82, 2.24) is 35.8 Å². The third kappa shape index (κ3) is 4.08. The van der Waals surface area contributed by atoms with E-state index in [0.29, 0.717) is 23.9 Å². The fraction of sp³-hybridized carbons (Fsp3) is 0.200. The molecule has 1 aromatic carbocycles. The zero-order valence-electron chi connectivity index (χ0n) is 16.0. The van der Waals surface area contributed by atoms with Crippen molar-refractivity contribution >= 4 is 5.82 Å². The molecule has 0 aliphatic rings. The summed E-state index contributed by atoms with van der Waals surface area (Å²) >= 11 is 0. The molecule has 2 N–H and O–H groups in total. The topological polar surface area (TPSA) is 105 Å². The zero-order valence-corrected chi connectivity index (χ0v) is 16.0. The summed E-state index contributed by atoms with van der Waals surface area (Å²) in [5.74, 6) is 0.803. The van der Waals surface area contributed by atoms with Crippen LogP contribution in [-0.4, -0.2) is 42.4 Å². The van der Waals surface area contributed by atoms with Crippen molar-refractivity contribution in [3.8, 4) is 22.6 Å². The Balaban J connectivity index is 1.47. The predicted octanol–water partition coefficient (Wildman–Crippen LogP) is 3.25. The van der Waals surface area contributed by atoms with Crippen molar-refractivity contribution in [3.05, 3.63) is 66.2 Å². The quantitative estimate of drug-likeness (QED) is 0.521. The second-order valence-electron chi connectivity index (χ2n) is 7.19. The predicted molar refractivity (Wildman–Crippen MR) is 106 cm³/mol. The molecule has 3 heterocycles. The zero-order chi connectivity index (χ0) is 20.3. The first-order chi connectivity index (χ1) is 14.0. The maximum atomic E-state index is 14.1. The van der Waals surface area contributed by atoms with Crippen LogP contribution in [0, 0.1) is 5.82 Å². The molecule has 0 saturated heterocycles. The monoisotopic (exact) mass is 390 g/mol. The van der Waals surface area contributed by atoms with E-state index in [4.69, 9.17) is 0 Å². The van der Waals surface area contributed by atoms with Crippen LogP contribution in [0.2, 0.25) is 0 Å². The van der Waals surface area contributed by atoms with Gasteiger partial charge in [0.05, 0.1) is 11.4 Å². The number of hydrogen-bond donors (Lipinski definition) is 2. The van der Waals surface area contributed by atoms with Gasteiger partial charge in [-0.2, -0.15) is 5.21 Å². The molecule has 0 radical (unpaired) electrons. The maximum absolute atomic E-state index is 14.1. The smallest absolute Gasteiger partial charge is 0.204 e. The van der Waals surface area contributed by atoms with E-state index in [2.05, 4.69) is 41.1 Å². The van der Waals surface area contributed by atoms with Gasteiger partial charge in [-0.15, -0.1) is 20.4 Å². The summed E-state index contributed by atoms with van der Waals surface area (Å²) in [5.41, 5.74) is 2.35. The fourth-order valence-corrected chi connectivity index (χ4v) is 2.96. The Morgan fingerprint density at radius 3 is 2.59 bits per heavy atom.